The lowest BCUT2D eigenvalue weighted by Gasteiger charge is -2.04. The number of nitrogens with one attached hydrogen (secondary N) is 1. The zero-order valence-corrected chi connectivity index (χ0v) is 11.1. The van der Waals surface area contributed by atoms with E-state index in [1.807, 2.05) is 0 Å². The van der Waals surface area contributed by atoms with Gasteiger partial charge in [-0.2, -0.15) is 0 Å². The van der Waals surface area contributed by atoms with E-state index >= 15 is 0 Å². The predicted octanol–water partition coefficient (Wildman–Crippen LogP) is 2.72. The van der Waals surface area contributed by atoms with Gasteiger partial charge in [0.15, 0.2) is 0 Å². The van der Waals surface area contributed by atoms with Gasteiger partial charge in [-0.15, -0.1) is 11.6 Å². The number of benzene rings is 1. The van der Waals surface area contributed by atoms with Gasteiger partial charge in [-0.3, -0.25) is 14.9 Å². The second kappa shape index (κ2) is 6.56. The van der Waals surface area contributed by atoms with E-state index in [0.29, 0.717) is 23.3 Å². The lowest BCUT2D eigenvalue weighted by Crippen LogP contribution is -2.24. The number of carbonyl (C=O) groups excluding carboxylic acids is 1. The summed E-state index contributed by atoms with van der Waals surface area (Å²) in [7, 11) is 0. The quantitative estimate of drug-likeness (QED) is 0.392. The van der Waals surface area contributed by atoms with E-state index in [1.165, 1.54) is 18.2 Å². The summed E-state index contributed by atoms with van der Waals surface area (Å²) in [4.78, 5) is 21.7. The molecule has 0 aliphatic heterocycles. The fraction of sp³-hybridized carbons (Fsp3) is 0.300. The van der Waals surface area contributed by atoms with Gasteiger partial charge < -0.3 is 5.32 Å². The maximum absolute atomic E-state index is 11.6. The van der Waals surface area contributed by atoms with Crippen molar-refractivity contribution in [2.75, 3.05) is 12.4 Å². The topological polar surface area (TPSA) is 72.2 Å². The highest BCUT2D eigenvalue weighted by Gasteiger charge is 2.13. The smallest absolute Gasteiger partial charge is 0.271 e. The molecule has 1 aromatic rings. The Labute approximate surface area is 111 Å². The summed E-state index contributed by atoms with van der Waals surface area (Å²) in [6.07, 6.45) is 0.656. The molecule has 0 bridgehead atoms. The van der Waals surface area contributed by atoms with Crippen molar-refractivity contribution in [2.24, 2.45) is 0 Å². The number of hydrogen-bond donors (Lipinski definition) is 1. The van der Waals surface area contributed by atoms with Crippen molar-refractivity contribution in [3.05, 3.63) is 38.3 Å². The van der Waals surface area contributed by atoms with Crippen LogP contribution in [-0.2, 0) is 0 Å². The molecule has 1 N–H and O–H groups in total. The Morgan fingerprint density at radius 1 is 1.47 bits per heavy atom. The number of nitro groups is 1. The van der Waals surface area contributed by atoms with Crippen LogP contribution in [0.5, 0.6) is 0 Å². The molecule has 0 atom stereocenters. The normalized spacial score (nSPS) is 10.0. The molecule has 0 unspecified atom stereocenters. The molecule has 1 rings (SSSR count). The minimum Gasteiger partial charge on any atom is -0.352 e. The van der Waals surface area contributed by atoms with Crippen LogP contribution in [0.25, 0.3) is 0 Å². The first-order chi connectivity index (χ1) is 8.04. The molecule has 0 aliphatic rings. The van der Waals surface area contributed by atoms with Gasteiger partial charge in [-0.05, 0) is 12.5 Å². The summed E-state index contributed by atoms with van der Waals surface area (Å²) in [5.41, 5.74) is 0.127. The van der Waals surface area contributed by atoms with E-state index in [-0.39, 0.29) is 17.2 Å². The fourth-order valence-corrected chi connectivity index (χ4v) is 1.80. The van der Waals surface area contributed by atoms with Gasteiger partial charge in [0.1, 0.15) is 0 Å². The third-order valence-electron chi connectivity index (χ3n) is 1.95. The fourth-order valence-electron chi connectivity index (χ4n) is 1.18. The molecule has 0 aliphatic carbocycles. The first-order valence-corrected chi connectivity index (χ1v) is 6.16. The number of hydrogen-bond acceptors (Lipinski definition) is 3. The Morgan fingerprint density at radius 2 is 2.18 bits per heavy atom. The van der Waals surface area contributed by atoms with E-state index in [2.05, 4.69) is 21.2 Å². The van der Waals surface area contributed by atoms with Gasteiger partial charge in [0, 0.05) is 34.6 Å². The van der Waals surface area contributed by atoms with Crippen molar-refractivity contribution in [3.63, 3.8) is 0 Å². The third kappa shape index (κ3) is 4.32. The Hall–Kier alpha value is -1.14. The summed E-state index contributed by atoms with van der Waals surface area (Å²) in [5, 5.41) is 13.3. The molecule has 0 heterocycles. The highest BCUT2D eigenvalue weighted by atomic mass is 79.9. The molecule has 92 valence electrons. The summed E-state index contributed by atoms with van der Waals surface area (Å²) >= 11 is 8.60. The van der Waals surface area contributed by atoms with Gasteiger partial charge in [0.25, 0.3) is 11.6 Å². The highest BCUT2D eigenvalue weighted by Crippen LogP contribution is 2.21. The van der Waals surface area contributed by atoms with E-state index in [0.717, 1.165) is 0 Å². The molecule has 0 radical (unpaired) electrons. The SMILES string of the molecule is O=C(NCCCCl)c1cc(Br)cc([N+](=O)[O-])c1. The van der Waals surface area contributed by atoms with Crippen molar-refractivity contribution in [1.82, 2.24) is 5.32 Å². The molecule has 5 nitrogen and oxygen atoms in total. The molecule has 0 fully saturated rings. The molecule has 17 heavy (non-hydrogen) atoms. The van der Waals surface area contributed by atoms with Gasteiger partial charge in [-0.1, -0.05) is 15.9 Å². The van der Waals surface area contributed by atoms with E-state index in [4.69, 9.17) is 11.6 Å². The lowest BCUT2D eigenvalue weighted by molar-refractivity contribution is -0.385. The number of carbonyl (C=O) groups is 1. The number of amides is 1. The first kappa shape index (κ1) is 13.9. The summed E-state index contributed by atoms with van der Waals surface area (Å²) in [5.74, 6) is 0.110. The molecular formula is C10H10BrClN2O3. The van der Waals surface area contributed by atoms with Crippen molar-refractivity contribution in [1.29, 1.82) is 0 Å². The van der Waals surface area contributed by atoms with Crippen LogP contribution in [-0.4, -0.2) is 23.3 Å². The average molecular weight is 322 g/mol. The van der Waals surface area contributed by atoms with Crippen LogP contribution < -0.4 is 5.32 Å². The summed E-state index contributed by atoms with van der Waals surface area (Å²) in [6, 6.07) is 4.11. The van der Waals surface area contributed by atoms with Crippen molar-refractivity contribution in [3.8, 4) is 0 Å². The van der Waals surface area contributed by atoms with Gasteiger partial charge >= 0.3 is 0 Å². The van der Waals surface area contributed by atoms with Crippen LogP contribution in [0.15, 0.2) is 22.7 Å². The number of rotatable bonds is 5. The standard InChI is InChI=1S/C10H10BrClN2O3/c11-8-4-7(5-9(6-8)14(16)17)10(15)13-3-1-2-12/h4-6H,1-3H2,(H,13,15). The minimum absolute atomic E-state index is 0.123. The molecule has 0 spiro atoms. The molecule has 1 aromatic carbocycles. The van der Waals surface area contributed by atoms with Crippen molar-refractivity contribution in [2.45, 2.75) is 6.42 Å². The van der Waals surface area contributed by atoms with Crippen LogP contribution >= 0.6 is 27.5 Å². The first-order valence-electron chi connectivity index (χ1n) is 4.83. The van der Waals surface area contributed by atoms with Gasteiger partial charge in [0.05, 0.1) is 4.92 Å². The maximum Gasteiger partial charge on any atom is 0.271 e. The average Bonchev–Trinajstić information content (AvgIpc) is 2.28. The molecule has 0 saturated heterocycles. The third-order valence-corrected chi connectivity index (χ3v) is 2.68. The predicted molar refractivity (Wildman–Crippen MR) is 68.5 cm³/mol. The highest BCUT2D eigenvalue weighted by molar-refractivity contribution is 9.10. The minimum atomic E-state index is -0.541. The Kier molecular flexibility index (Phi) is 5.37. The molecule has 0 aromatic heterocycles. The van der Waals surface area contributed by atoms with Crippen LogP contribution in [0.4, 0.5) is 5.69 Å². The molecule has 1 amide bonds. The number of non-ortho nitro benzene ring substituents is 1. The van der Waals surface area contributed by atoms with Crippen molar-refractivity contribution < 1.29 is 9.72 Å². The summed E-state index contributed by atoms with van der Waals surface area (Å²) in [6.45, 7) is 0.447. The second-order valence-corrected chi connectivity index (χ2v) is 4.55. The van der Waals surface area contributed by atoms with Crippen molar-refractivity contribution >= 4 is 39.1 Å². The molecule has 7 heteroatoms. The lowest BCUT2D eigenvalue weighted by atomic mass is 10.2. The van der Waals surface area contributed by atoms with Gasteiger partial charge in [0.2, 0.25) is 0 Å². The molecule has 0 saturated carbocycles. The van der Waals surface area contributed by atoms with Gasteiger partial charge in [-0.25, -0.2) is 0 Å². The van der Waals surface area contributed by atoms with E-state index in [9.17, 15) is 14.9 Å². The van der Waals surface area contributed by atoms with Crippen LogP contribution in [0.1, 0.15) is 16.8 Å². The largest absolute Gasteiger partial charge is 0.352 e. The summed E-state index contributed by atoms with van der Waals surface area (Å²) < 4.78 is 0.495. The van der Waals surface area contributed by atoms with Crippen LogP contribution in [0, 0.1) is 10.1 Å². The van der Waals surface area contributed by atoms with Crippen LogP contribution in [0.3, 0.4) is 0 Å². The monoisotopic (exact) mass is 320 g/mol. The Morgan fingerprint density at radius 3 is 2.76 bits per heavy atom. The maximum atomic E-state index is 11.6. The second-order valence-electron chi connectivity index (χ2n) is 3.25. The van der Waals surface area contributed by atoms with E-state index < -0.39 is 4.92 Å². The Bertz CT molecular complexity index is 440. The number of nitrogens with zero attached hydrogens (tertiary/aromatic N) is 1. The zero-order valence-electron chi connectivity index (χ0n) is 8.78. The number of nitro benzene ring substituents is 1. The van der Waals surface area contributed by atoms with E-state index in [1.54, 1.807) is 0 Å². The Balaban J connectivity index is 2.82. The zero-order chi connectivity index (χ0) is 12.8. The number of alkyl halides is 1. The number of halogens is 2. The van der Waals surface area contributed by atoms with Crippen LogP contribution in [0.2, 0.25) is 0 Å². The molecular weight excluding hydrogens is 311 g/mol.